The molecule has 0 saturated heterocycles. The van der Waals surface area contributed by atoms with Crippen molar-refractivity contribution in [3.05, 3.63) is 64.5 Å². The first-order valence-electron chi connectivity index (χ1n) is 6.75. The van der Waals surface area contributed by atoms with Gasteiger partial charge < -0.3 is 5.32 Å². The summed E-state index contributed by atoms with van der Waals surface area (Å²) in [6.07, 6.45) is 1.79. The van der Waals surface area contributed by atoms with E-state index in [-0.39, 0.29) is 11.9 Å². The maximum Gasteiger partial charge on any atom is 0.126 e. The van der Waals surface area contributed by atoms with E-state index in [0.29, 0.717) is 0 Å². The van der Waals surface area contributed by atoms with Gasteiger partial charge in [0.15, 0.2) is 0 Å². The number of halogens is 1. The van der Waals surface area contributed by atoms with Crippen LogP contribution in [0.25, 0.3) is 0 Å². The van der Waals surface area contributed by atoms with Gasteiger partial charge in [0.05, 0.1) is 6.04 Å². The van der Waals surface area contributed by atoms with E-state index in [4.69, 9.17) is 0 Å². The lowest BCUT2D eigenvalue weighted by atomic mass is 10.1. The maximum atomic E-state index is 13.7. The van der Waals surface area contributed by atoms with Crippen LogP contribution >= 0.6 is 0 Å². The van der Waals surface area contributed by atoms with Gasteiger partial charge >= 0.3 is 0 Å². The van der Waals surface area contributed by atoms with Crippen molar-refractivity contribution in [1.29, 1.82) is 0 Å². The molecule has 0 radical (unpaired) electrons. The average Bonchev–Trinajstić information content (AvgIpc) is 2.73. The van der Waals surface area contributed by atoms with Crippen molar-refractivity contribution < 1.29 is 4.39 Å². The molecule has 98 valence electrons. The molecule has 1 atom stereocenters. The third kappa shape index (κ3) is 2.35. The molecule has 0 fully saturated rings. The highest BCUT2D eigenvalue weighted by atomic mass is 19.1. The summed E-state index contributed by atoms with van der Waals surface area (Å²) in [7, 11) is 0. The van der Waals surface area contributed by atoms with Crippen molar-refractivity contribution in [2.45, 2.75) is 32.7 Å². The van der Waals surface area contributed by atoms with Gasteiger partial charge in [-0.25, -0.2) is 4.39 Å². The van der Waals surface area contributed by atoms with Crippen LogP contribution in [0.4, 0.5) is 10.1 Å². The summed E-state index contributed by atoms with van der Waals surface area (Å²) in [5, 5.41) is 3.54. The lowest BCUT2D eigenvalue weighted by Gasteiger charge is -2.16. The van der Waals surface area contributed by atoms with Crippen molar-refractivity contribution in [2.24, 2.45) is 0 Å². The molecule has 0 bridgehead atoms. The molecule has 1 aliphatic rings. The zero-order valence-electron chi connectivity index (χ0n) is 11.3. The van der Waals surface area contributed by atoms with Gasteiger partial charge in [-0.15, -0.1) is 0 Å². The fraction of sp³-hybridized carbons (Fsp3) is 0.294. The molecule has 1 aliphatic carbocycles. The first-order chi connectivity index (χ1) is 9.13. The number of nitrogens with one attached hydrogen (secondary N) is 1. The Balaban J connectivity index is 1.89. The van der Waals surface area contributed by atoms with Crippen molar-refractivity contribution in [1.82, 2.24) is 0 Å². The first-order valence-corrected chi connectivity index (χ1v) is 6.75. The van der Waals surface area contributed by atoms with Gasteiger partial charge in [0.25, 0.3) is 0 Å². The SMILES string of the molecule is Cc1cc(C)cc(NC2CCc3c(F)cccc32)c1. The minimum Gasteiger partial charge on any atom is -0.378 e. The number of fused-ring (bicyclic) bond motifs is 1. The van der Waals surface area contributed by atoms with E-state index in [1.54, 1.807) is 12.1 Å². The summed E-state index contributed by atoms with van der Waals surface area (Å²) >= 11 is 0. The molecule has 2 aromatic rings. The first kappa shape index (κ1) is 12.2. The fourth-order valence-corrected chi connectivity index (χ4v) is 3.02. The van der Waals surface area contributed by atoms with Crippen LogP contribution in [0.15, 0.2) is 36.4 Å². The largest absolute Gasteiger partial charge is 0.378 e. The standard InChI is InChI=1S/C17H18FN/c1-11-8-12(2)10-13(9-11)19-17-7-6-14-15(17)4-3-5-16(14)18/h3-5,8-10,17,19H,6-7H2,1-2H3. The second-order valence-corrected chi connectivity index (χ2v) is 5.42. The Kier molecular flexibility index (Phi) is 3.02. The Morgan fingerprint density at radius 3 is 2.58 bits per heavy atom. The van der Waals surface area contributed by atoms with Gasteiger partial charge in [0, 0.05) is 5.69 Å². The van der Waals surface area contributed by atoms with E-state index < -0.39 is 0 Å². The summed E-state index contributed by atoms with van der Waals surface area (Å²) in [5.41, 5.74) is 5.61. The van der Waals surface area contributed by atoms with Crippen molar-refractivity contribution >= 4 is 5.69 Å². The van der Waals surface area contributed by atoms with E-state index >= 15 is 0 Å². The normalized spacial score (nSPS) is 17.3. The van der Waals surface area contributed by atoms with Crippen molar-refractivity contribution in [2.75, 3.05) is 5.32 Å². The topological polar surface area (TPSA) is 12.0 Å². The average molecular weight is 255 g/mol. The number of hydrogen-bond donors (Lipinski definition) is 1. The molecule has 3 rings (SSSR count). The van der Waals surface area contributed by atoms with Gasteiger partial charge in [-0.05, 0) is 67.1 Å². The zero-order chi connectivity index (χ0) is 13.4. The highest BCUT2D eigenvalue weighted by Crippen LogP contribution is 2.35. The smallest absolute Gasteiger partial charge is 0.126 e. The predicted octanol–water partition coefficient (Wildman–Crippen LogP) is 4.54. The number of benzene rings is 2. The summed E-state index contributed by atoms with van der Waals surface area (Å²) < 4.78 is 13.7. The summed E-state index contributed by atoms with van der Waals surface area (Å²) in [5.74, 6) is -0.0674. The molecule has 1 unspecified atom stereocenters. The van der Waals surface area contributed by atoms with Crippen LogP contribution in [0.3, 0.4) is 0 Å². The molecule has 1 nitrogen and oxygen atoms in total. The number of rotatable bonds is 2. The van der Waals surface area contributed by atoms with Crippen LogP contribution in [-0.4, -0.2) is 0 Å². The lowest BCUT2D eigenvalue weighted by Crippen LogP contribution is -2.07. The quantitative estimate of drug-likeness (QED) is 0.830. The molecular weight excluding hydrogens is 237 g/mol. The van der Waals surface area contributed by atoms with Crippen LogP contribution in [0.1, 0.15) is 34.7 Å². The van der Waals surface area contributed by atoms with Gasteiger partial charge in [-0.1, -0.05) is 18.2 Å². The monoisotopic (exact) mass is 255 g/mol. The summed E-state index contributed by atoms with van der Waals surface area (Å²) in [4.78, 5) is 0. The second kappa shape index (κ2) is 4.69. The second-order valence-electron chi connectivity index (χ2n) is 5.42. The molecular formula is C17H18FN. The van der Waals surface area contributed by atoms with Crippen LogP contribution in [0, 0.1) is 19.7 Å². The van der Waals surface area contributed by atoms with Crippen molar-refractivity contribution in [3.8, 4) is 0 Å². The lowest BCUT2D eigenvalue weighted by molar-refractivity contribution is 0.612. The maximum absolute atomic E-state index is 13.7. The Morgan fingerprint density at radius 1 is 1.11 bits per heavy atom. The molecule has 0 saturated carbocycles. The van der Waals surface area contributed by atoms with E-state index in [1.807, 2.05) is 6.07 Å². The Hall–Kier alpha value is -1.83. The Bertz CT molecular complexity index is 598. The fourth-order valence-electron chi connectivity index (χ4n) is 3.02. The number of anilines is 1. The molecule has 2 aromatic carbocycles. The minimum absolute atomic E-state index is 0.0674. The molecule has 0 amide bonds. The molecule has 19 heavy (non-hydrogen) atoms. The summed E-state index contributed by atoms with van der Waals surface area (Å²) in [6.45, 7) is 4.20. The van der Waals surface area contributed by atoms with Crippen LogP contribution < -0.4 is 5.32 Å². The van der Waals surface area contributed by atoms with E-state index in [0.717, 1.165) is 29.7 Å². The molecule has 2 heteroatoms. The molecule has 1 N–H and O–H groups in total. The van der Waals surface area contributed by atoms with E-state index in [9.17, 15) is 4.39 Å². The predicted molar refractivity (Wildman–Crippen MR) is 77.0 cm³/mol. The molecule has 0 spiro atoms. The van der Waals surface area contributed by atoms with Gasteiger partial charge in [-0.2, -0.15) is 0 Å². The summed E-state index contributed by atoms with van der Waals surface area (Å²) in [6, 6.07) is 12.1. The van der Waals surface area contributed by atoms with Gasteiger partial charge in [-0.3, -0.25) is 0 Å². The molecule has 0 heterocycles. The van der Waals surface area contributed by atoms with E-state index in [1.165, 1.54) is 11.1 Å². The molecule has 0 aromatic heterocycles. The Morgan fingerprint density at radius 2 is 1.84 bits per heavy atom. The number of hydrogen-bond acceptors (Lipinski definition) is 1. The Labute approximate surface area is 113 Å². The van der Waals surface area contributed by atoms with Crippen LogP contribution in [0.5, 0.6) is 0 Å². The third-order valence-corrected chi connectivity index (χ3v) is 3.78. The third-order valence-electron chi connectivity index (χ3n) is 3.78. The van der Waals surface area contributed by atoms with Crippen LogP contribution in [0.2, 0.25) is 0 Å². The minimum atomic E-state index is -0.0674. The van der Waals surface area contributed by atoms with Crippen LogP contribution in [-0.2, 0) is 6.42 Å². The van der Waals surface area contributed by atoms with Gasteiger partial charge in [0.1, 0.15) is 5.82 Å². The zero-order valence-corrected chi connectivity index (χ0v) is 11.3. The highest BCUT2D eigenvalue weighted by molar-refractivity contribution is 5.51. The molecule has 0 aliphatic heterocycles. The van der Waals surface area contributed by atoms with E-state index in [2.05, 4.69) is 37.4 Å². The van der Waals surface area contributed by atoms with Crippen molar-refractivity contribution in [3.63, 3.8) is 0 Å². The van der Waals surface area contributed by atoms with Gasteiger partial charge in [0.2, 0.25) is 0 Å². The highest BCUT2D eigenvalue weighted by Gasteiger charge is 2.24. The number of aryl methyl sites for hydroxylation is 2.